The summed E-state index contributed by atoms with van der Waals surface area (Å²) in [5, 5.41) is 20.7. The van der Waals surface area contributed by atoms with Crippen LogP contribution < -0.4 is 0 Å². The first-order valence-electron chi connectivity index (χ1n) is 40.1. The molecule has 0 radical (unpaired) electrons. The van der Waals surface area contributed by atoms with Gasteiger partial charge in [-0.25, -0.2) is 9.13 Å². The van der Waals surface area contributed by atoms with E-state index in [1.165, 1.54) is 70.6 Å². The predicted octanol–water partition coefficient (Wildman–Crippen LogP) is 23.8. The van der Waals surface area contributed by atoms with Crippen molar-refractivity contribution in [3.63, 3.8) is 0 Å². The molecule has 0 amide bonds. The van der Waals surface area contributed by atoms with Crippen molar-refractivity contribution >= 4 is 33.6 Å². The van der Waals surface area contributed by atoms with Gasteiger partial charge in [-0.15, -0.1) is 0 Å². The highest BCUT2D eigenvalue weighted by molar-refractivity contribution is 7.47. The number of allylic oxidation sites excluding steroid dienone is 30. The molecule has 16 nitrogen and oxygen atoms in total. The monoisotopic (exact) mass is 1500 g/mol. The van der Waals surface area contributed by atoms with Crippen LogP contribution in [0, 0.1) is 0 Å². The number of phosphoric ester groups is 2. The second-order valence-electron chi connectivity index (χ2n) is 26.1. The van der Waals surface area contributed by atoms with E-state index in [-0.39, 0.29) is 19.3 Å². The van der Waals surface area contributed by atoms with E-state index < -0.39 is 91.5 Å². The second kappa shape index (κ2) is 78.2. The molecular weight excluding hydrogens is 1360 g/mol. The summed E-state index contributed by atoms with van der Waals surface area (Å²) in [6.07, 6.45) is 101. The third-order valence-corrected chi connectivity index (χ3v) is 18.0. The van der Waals surface area contributed by atoms with Gasteiger partial charge in [0.2, 0.25) is 0 Å². The van der Waals surface area contributed by atoms with Crippen LogP contribution in [0.25, 0.3) is 0 Å². The number of carbonyl (C=O) groups is 3. The number of carbonyl (C=O) groups excluding carboxylic acids is 3. The summed E-state index contributed by atoms with van der Waals surface area (Å²) in [5.41, 5.74) is 0. The fraction of sp³-hybridized carbons (Fsp3) is 0.621. The fourth-order valence-electron chi connectivity index (χ4n) is 10.1. The molecule has 4 N–H and O–H groups in total. The minimum Gasteiger partial charge on any atom is -0.463 e. The molecule has 0 aromatic carbocycles. The molecule has 5 atom stereocenters. The molecule has 0 saturated heterocycles. The molecule has 105 heavy (non-hydrogen) atoms. The maximum atomic E-state index is 13.0. The molecule has 0 fully saturated rings. The largest absolute Gasteiger partial charge is 0.472 e. The Labute approximate surface area is 636 Å². The molecule has 18 heteroatoms. The van der Waals surface area contributed by atoms with Crippen LogP contribution in [0.3, 0.4) is 0 Å². The van der Waals surface area contributed by atoms with Gasteiger partial charge in [0.1, 0.15) is 25.4 Å². The lowest BCUT2D eigenvalue weighted by atomic mass is 10.0. The number of unbranched alkanes of at least 4 members (excludes halogenated alkanes) is 21. The van der Waals surface area contributed by atoms with Crippen molar-refractivity contribution in [2.75, 3.05) is 39.6 Å². The lowest BCUT2D eigenvalue weighted by Gasteiger charge is -2.21. The zero-order chi connectivity index (χ0) is 76.6. The molecule has 0 saturated carbocycles. The Hall–Kier alpha value is -5.35. The number of ether oxygens (including phenoxy) is 3. The average Bonchev–Trinajstić information content (AvgIpc) is 0.915. The smallest absolute Gasteiger partial charge is 0.463 e. The fourth-order valence-corrected chi connectivity index (χ4v) is 11.7. The van der Waals surface area contributed by atoms with Gasteiger partial charge >= 0.3 is 33.6 Å². The van der Waals surface area contributed by atoms with E-state index in [9.17, 15) is 43.5 Å². The summed E-state index contributed by atoms with van der Waals surface area (Å²) in [5.74, 6) is -1.70. The van der Waals surface area contributed by atoms with Gasteiger partial charge in [0.25, 0.3) is 0 Å². The summed E-state index contributed by atoms with van der Waals surface area (Å²) in [7, 11) is -9.83. The van der Waals surface area contributed by atoms with Crippen LogP contribution in [-0.2, 0) is 55.8 Å². The van der Waals surface area contributed by atoms with Gasteiger partial charge in [-0.2, -0.15) is 0 Å². The topological polar surface area (TPSA) is 231 Å². The summed E-state index contributed by atoms with van der Waals surface area (Å²) >= 11 is 0. The van der Waals surface area contributed by atoms with Crippen LogP contribution in [0.5, 0.6) is 0 Å². The van der Waals surface area contributed by atoms with Crippen LogP contribution in [0.15, 0.2) is 182 Å². The Kier molecular flexibility index (Phi) is 74.3. The van der Waals surface area contributed by atoms with Crippen LogP contribution in [-0.4, -0.2) is 95.9 Å². The third-order valence-electron chi connectivity index (χ3n) is 16.1. The molecule has 0 aromatic heterocycles. The number of hydrogen-bond donors (Lipinski definition) is 4. The average molecular weight is 1510 g/mol. The highest BCUT2D eigenvalue weighted by atomic mass is 31.2. The van der Waals surface area contributed by atoms with Crippen molar-refractivity contribution in [1.82, 2.24) is 0 Å². The summed E-state index contributed by atoms with van der Waals surface area (Å²) in [4.78, 5) is 58.7. The maximum Gasteiger partial charge on any atom is 0.472 e. The first-order chi connectivity index (χ1) is 51.2. The first kappa shape index (κ1) is 99.7. The van der Waals surface area contributed by atoms with Crippen molar-refractivity contribution < 1.29 is 75.8 Å². The number of aliphatic hydroxyl groups is 2. The Bertz CT molecular complexity index is 2640. The number of aliphatic hydroxyl groups excluding tert-OH is 2. The van der Waals surface area contributed by atoms with E-state index >= 15 is 0 Å². The standard InChI is InChI=1S/C87H142O16P2/c1-4-7-10-13-16-19-22-25-28-31-34-35-36-37-38-39-40-41-42-43-44-45-48-50-52-55-58-61-64-67-70-73-85(90)97-76-82(88)77-99-104(93,94)100-78-83(89)79-101-105(95,96)102-81-84(103-87(92)75-72-69-66-63-60-57-54-51-47-33-30-27-24-21-18-15-12-9-6-3)80-98-86(91)74-71-68-65-62-59-56-53-49-46-32-29-26-23-20-17-14-11-8-5-2/h7-8,10-11,16-21,25-30,34-35,37-38,40-41,46-47,49,51,56,59,65,68,82-84,88-89H,4-6,9,12-15,22-24,31-33,36,39,42-45,48,50,52-55,57-58,60-64,66-67,69-81H2,1-3H3,(H,93,94)(H,95,96)/b10-7-,11-8-,19-16-,20-17-,21-18-,28-25-,29-26-,30-27-,35-34-,38-37-,41-40-,49-46-,51-47-,59-56-,68-65-. The predicted molar refractivity (Wildman–Crippen MR) is 435 cm³/mol. The molecule has 0 aliphatic carbocycles. The highest BCUT2D eigenvalue weighted by Crippen LogP contribution is 2.45. The van der Waals surface area contributed by atoms with Crippen molar-refractivity contribution in [2.24, 2.45) is 0 Å². The number of esters is 3. The quantitative estimate of drug-likeness (QED) is 0.0146. The molecular formula is C87H142O16P2. The highest BCUT2D eigenvalue weighted by Gasteiger charge is 2.29. The van der Waals surface area contributed by atoms with Crippen molar-refractivity contribution in [2.45, 2.75) is 309 Å². The minimum atomic E-state index is -4.96. The summed E-state index contributed by atoms with van der Waals surface area (Å²) < 4.78 is 61.1. The van der Waals surface area contributed by atoms with Gasteiger partial charge in [0.15, 0.2) is 6.10 Å². The van der Waals surface area contributed by atoms with E-state index in [2.05, 4.69) is 185 Å². The number of hydrogen-bond acceptors (Lipinski definition) is 14. The Morgan fingerprint density at radius 1 is 0.276 bits per heavy atom. The zero-order valence-electron chi connectivity index (χ0n) is 65.1. The van der Waals surface area contributed by atoms with E-state index in [4.69, 9.17) is 32.3 Å². The second-order valence-corrected chi connectivity index (χ2v) is 29.0. The Morgan fingerprint density at radius 3 is 0.857 bits per heavy atom. The van der Waals surface area contributed by atoms with E-state index in [0.717, 1.165) is 154 Å². The maximum absolute atomic E-state index is 13.0. The van der Waals surface area contributed by atoms with Crippen LogP contribution in [0.4, 0.5) is 0 Å². The third kappa shape index (κ3) is 79.5. The summed E-state index contributed by atoms with van der Waals surface area (Å²) in [6.45, 7) is 2.31. The SMILES string of the molecule is CC/C=C\C/C=C\C/C=C\C/C=C\C/C=C\C/C=C\CCCCCCCCCCCCCCC(=O)OCC(O)COP(=O)(O)OCC(O)COP(=O)(O)OCC(COC(=O)CC/C=C\C/C=C\C/C=C\C/C=C\C/C=C\C/C=C\CC)OC(=O)CCCCCCCC/C=C\C/C=C\C/C=C\CCCCC. The van der Waals surface area contributed by atoms with Crippen LogP contribution in [0.2, 0.25) is 0 Å². The van der Waals surface area contributed by atoms with Crippen molar-refractivity contribution in [3.8, 4) is 0 Å². The van der Waals surface area contributed by atoms with E-state index in [0.29, 0.717) is 25.7 Å². The van der Waals surface area contributed by atoms with Gasteiger partial charge in [0, 0.05) is 19.3 Å². The minimum absolute atomic E-state index is 0.0362. The van der Waals surface area contributed by atoms with Crippen molar-refractivity contribution in [3.05, 3.63) is 182 Å². The van der Waals surface area contributed by atoms with Gasteiger partial charge in [-0.3, -0.25) is 32.5 Å². The van der Waals surface area contributed by atoms with Gasteiger partial charge in [-0.1, -0.05) is 306 Å². The molecule has 596 valence electrons. The number of rotatable bonds is 74. The first-order valence-corrected chi connectivity index (χ1v) is 43.1. The number of phosphoric acid groups is 2. The molecule has 0 spiro atoms. The normalized spacial score (nSPS) is 14.9. The van der Waals surface area contributed by atoms with Gasteiger partial charge in [0.05, 0.1) is 26.4 Å². The van der Waals surface area contributed by atoms with Crippen LogP contribution in [0.1, 0.15) is 290 Å². The van der Waals surface area contributed by atoms with Crippen LogP contribution >= 0.6 is 15.6 Å². The molecule has 0 bridgehead atoms. The molecule has 0 aliphatic rings. The molecule has 0 aromatic rings. The van der Waals surface area contributed by atoms with Crippen molar-refractivity contribution in [1.29, 1.82) is 0 Å². The Morgan fingerprint density at radius 2 is 0.524 bits per heavy atom. The molecule has 0 aliphatic heterocycles. The van der Waals surface area contributed by atoms with Gasteiger partial charge in [-0.05, 0) is 148 Å². The Balaban J connectivity index is 4.62. The van der Waals surface area contributed by atoms with E-state index in [1.807, 2.05) is 18.2 Å². The lowest BCUT2D eigenvalue weighted by molar-refractivity contribution is -0.161. The molecule has 0 rings (SSSR count). The van der Waals surface area contributed by atoms with Gasteiger partial charge < -0.3 is 34.2 Å². The molecule has 5 unspecified atom stereocenters. The zero-order valence-corrected chi connectivity index (χ0v) is 66.9. The van der Waals surface area contributed by atoms with E-state index in [1.54, 1.807) is 0 Å². The lowest BCUT2D eigenvalue weighted by Crippen LogP contribution is -2.30. The summed E-state index contributed by atoms with van der Waals surface area (Å²) in [6, 6.07) is 0. The molecule has 0 heterocycles.